The highest BCUT2D eigenvalue weighted by Gasteiger charge is 2.23. The van der Waals surface area contributed by atoms with E-state index in [-0.39, 0.29) is 5.91 Å². The van der Waals surface area contributed by atoms with E-state index in [1.54, 1.807) is 0 Å². The number of benzene rings is 1. The van der Waals surface area contributed by atoms with Crippen molar-refractivity contribution in [2.45, 2.75) is 25.7 Å². The van der Waals surface area contributed by atoms with Crippen LogP contribution in [-0.4, -0.2) is 28.9 Å². The fraction of sp³-hybridized carbons (Fsp3) is 0.412. The van der Waals surface area contributed by atoms with Crippen LogP contribution in [0, 0.1) is 5.92 Å². The first-order valence-electron chi connectivity index (χ1n) is 7.72. The molecule has 1 aromatic heterocycles. The summed E-state index contributed by atoms with van der Waals surface area (Å²) < 4.78 is 0. The number of nitrogen functional groups attached to an aromatic ring is 1. The maximum atomic E-state index is 12.3. The first-order chi connectivity index (χ1) is 10.7. The fourth-order valence-electron chi connectivity index (χ4n) is 3.00. The van der Waals surface area contributed by atoms with Gasteiger partial charge in [-0.1, -0.05) is 30.3 Å². The van der Waals surface area contributed by atoms with E-state index in [1.165, 1.54) is 16.9 Å². The van der Waals surface area contributed by atoms with Gasteiger partial charge in [-0.15, -0.1) is 11.3 Å². The molecule has 1 fully saturated rings. The lowest BCUT2D eigenvalue weighted by molar-refractivity contribution is -0.131. The van der Waals surface area contributed by atoms with Gasteiger partial charge < -0.3 is 10.6 Å². The van der Waals surface area contributed by atoms with E-state index in [9.17, 15) is 4.79 Å². The molecule has 0 spiro atoms. The molecule has 1 aliphatic rings. The molecule has 0 bridgehead atoms. The third-order valence-corrected chi connectivity index (χ3v) is 4.96. The molecule has 0 aliphatic carbocycles. The number of hydrogen-bond donors (Lipinski definition) is 1. The second kappa shape index (κ2) is 6.92. The highest BCUT2D eigenvalue weighted by Crippen LogP contribution is 2.22. The van der Waals surface area contributed by atoms with Gasteiger partial charge in [-0.25, -0.2) is 4.98 Å². The Morgan fingerprint density at radius 1 is 1.27 bits per heavy atom. The van der Waals surface area contributed by atoms with Gasteiger partial charge in [0.05, 0.1) is 12.1 Å². The molecule has 2 heterocycles. The van der Waals surface area contributed by atoms with E-state index in [2.05, 4.69) is 35.3 Å². The van der Waals surface area contributed by atoms with Crippen LogP contribution < -0.4 is 5.73 Å². The molecular weight excluding hydrogens is 294 g/mol. The van der Waals surface area contributed by atoms with Crippen LogP contribution in [-0.2, 0) is 17.6 Å². The number of nitrogens with zero attached hydrogens (tertiary/aromatic N) is 2. The van der Waals surface area contributed by atoms with Gasteiger partial charge in [-0.2, -0.15) is 0 Å². The molecule has 2 aromatic rings. The molecule has 0 radical (unpaired) electrons. The lowest BCUT2D eigenvalue weighted by atomic mass is 9.90. The zero-order valence-corrected chi connectivity index (χ0v) is 13.4. The van der Waals surface area contributed by atoms with Crippen LogP contribution in [0.5, 0.6) is 0 Å². The van der Waals surface area contributed by atoms with Crippen LogP contribution >= 0.6 is 11.3 Å². The zero-order valence-electron chi connectivity index (χ0n) is 12.6. The molecule has 5 heteroatoms. The Labute approximate surface area is 135 Å². The van der Waals surface area contributed by atoms with Crippen molar-refractivity contribution in [1.29, 1.82) is 0 Å². The van der Waals surface area contributed by atoms with Crippen molar-refractivity contribution in [3.05, 3.63) is 47.0 Å². The number of rotatable bonds is 4. The maximum absolute atomic E-state index is 12.3. The van der Waals surface area contributed by atoms with E-state index in [4.69, 9.17) is 5.73 Å². The Morgan fingerprint density at radius 2 is 2.00 bits per heavy atom. The number of amides is 1. The predicted octanol–water partition coefficient (Wildman–Crippen LogP) is 2.75. The molecule has 2 N–H and O–H groups in total. The Kier molecular flexibility index (Phi) is 4.73. The molecular formula is C17H21N3OS. The van der Waals surface area contributed by atoms with E-state index < -0.39 is 0 Å². The van der Waals surface area contributed by atoms with Gasteiger partial charge in [0.15, 0.2) is 5.13 Å². The van der Waals surface area contributed by atoms with Crippen LogP contribution in [0.1, 0.15) is 24.1 Å². The molecule has 1 aromatic carbocycles. The Hall–Kier alpha value is -1.88. The summed E-state index contributed by atoms with van der Waals surface area (Å²) in [4.78, 5) is 18.4. The van der Waals surface area contributed by atoms with Crippen molar-refractivity contribution in [2.75, 3.05) is 18.8 Å². The van der Waals surface area contributed by atoms with Gasteiger partial charge in [-0.3, -0.25) is 4.79 Å². The summed E-state index contributed by atoms with van der Waals surface area (Å²) in [5.41, 5.74) is 7.79. The van der Waals surface area contributed by atoms with Crippen molar-refractivity contribution >= 4 is 22.4 Å². The summed E-state index contributed by atoms with van der Waals surface area (Å²) in [5, 5.41) is 2.40. The summed E-state index contributed by atoms with van der Waals surface area (Å²) in [5.74, 6) is 0.852. The number of hydrogen-bond acceptors (Lipinski definition) is 4. The van der Waals surface area contributed by atoms with Crippen molar-refractivity contribution in [2.24, 2.45) is 5.92 Å². The van der Waals surface area contributed by atoms with Gasteiger partial charge in [0.2, 0.25) is 5.91 Å². The second-order valence-corrected chi connectivity index (χ2v) is 6.76. The monoisotopic (exact) mass is 315 g/mol. The van der Waals surface area contributed by atoms with Crippen LogP contribution in [0.4, 0.5) is 5.13 Å². The molecule has 116 valence electrons. The quantitative estimate of drug-likeness (QED) is 0.944. The molecule has 0 atom stereocenters. The van der Waals surface area contributed by atoms with Crippen molar-refractivity contribution in [3.63, 3.8) is 0 Å². The molecule has 1 saturated heterocycles. The summed E-state index contributed by atoms with van der Waals surface area (Å²) >= 11 is 1.39. The van der Waals surface area contributed by atoms with Crippen LogP contribution in [0.3, 0.4) is 0 Å². The van der Waals surface area contributed by atoms with E-state index >= 15 is 0 Å². The summed E-state index contributed by atoms with van der Waals surface area (Å²) in [6.07, 6.45) is 3.65. The Balaban J connectivity index is 1.48. The van der Waals surface area contributed by atoms with Crippen LogP contribution in [0.25, 0.3) is 0 Å². The number of piperidine rings is 1. The molecule has 4 nitrogen and oxygen atoms in total. The Bertz CT molecular complexity index is 618. The molecule has 1 amide bonds. The van der Waals surface area contributed by atoms with Crippen LogP contribution in [0.15, 0.2) is 35.7 Å². The lowest BCUT2D eigenvalue weighted by Gasteiger charge is -2.32. The van der Waals surface area contributed by atoms with E-state index in [0.717, 1.165) is 38.0 Å². The summed E-state index contributed by atoms with van der Waals surface area (Å²) in [7, 11) is 0. The predicted molar refractivity (Wildman–Crippen MR) is 89.7 cm³/mol. The number of aromatic nitrogens is 1. The molecule has 22 heavy (non-hydrogen) atoms. The van der Waals surface area contributed by atoms with Gasteiger partial charge in [-0.05, 0) is 30.7 Å². The van der Waals surface area contributed by atoms with Gasteiger partial charge >= 0.3 is 0 Å². The fourth-order valence-corrected chi connectivity index (χ4v) is 3.57. The standard InChI is InChI=1S/C17H21N3OS/c18-17-19-15(12-22-17)11-16(21)20-8-6-14(7-9-20)10-13-4-2-1-3-5-13/h1-5,12,14H,6-11H2,(H2,18,19). The minimum atomic E-state index is 0.170. The largest absolute Gasteiger partial charge is 0.375 e. The zero-order chi connectivity index (χ0) is 15.4. The number of likely N-dealkylation sites (tertiary alicyclic amines) is 1. The topological polar surface area (TPSA) is 59.2 Å². The third-order valence-electron chi connectivity index (χ3n) is 4.24. The smallest absolute Gasteiger partial charge is 0.228 e. The summed E-state index contributed by atoms with van der Waals surface area (Å²) in [6.45, 7) is 1.71. The van der Waals surface area contributed by atoms with Crippen LogP contribution in [0.2, 0.25) is 0 Å². The average Bonchev–Trinajstić information content (AvgIpc) is 2.94. The number of carbonyl (C=O) groups is 1. The highest BCUT2D eigenvalue weighted by molar-refractivity contribution is 7.13. The average molecular weight is 315 g/mol. The van der Waals surface area contributed by atoms with Crippen molar-refractivity contribution in [1.82, 2.24) is 9.88 Å². The number of nitrogens with two attached hydrogens (primary N) is 1. The van der Waals surface area contributed by atoms with Crippen molar-refractivity contribution in [3.8, 4) is 0 Å². The molecule has 3 rings (SSSR count). The lowest BCUT2D eigenvalue weighted by Crippen LogP contribution is -2.39. The Morgan fingerprint density at radius 3 is 2.64 bits per heavy atom. The molecule has 0 saturated carbocycles. The SMILES string of the molecule is Nc1nc(CC(=O)N2CCC(Cc3ccccc3)CC2)cs1. The van der Waals surface area contributed by atoms with E-state index in [0.29, 0.717) is 17.5 Å². The third kappa shape index (κ3) is 3.85. The van der Waals surface area contributed by atoms with Gasteiger partial charge in [0.25, 0.3) is 0 Å². The first-order valence-corrected chi connectivity index (χ1v) is 8.60. The van der Waals surface area contributed by atoms with Gasteiger partial charge in [0, 0.05) is 18.5 Å². The highest BCUT2D eigenvalue weighted by atomic mass is 32.1. The van der Waals surface area contributed by atoms with E-state index in [1.807, 2.05) is 10.3 Å². The number of carbonyl (C=O) groups excluding carboxylic acids is 1. The van der Waals surface area contributed by atoms with Gasteiger partial charge in [0.1, 0.15) is 0 Å². The minimum absolute atomic E-state index is 0.170. The maximum Gasteiger partial charge on any atom is 0.228 e. The molecule has 1 aliphatic heterocycles. The summed E-state index contributed by atoms with van der Waals surface area (Å²) in [6, 6.07) is 10.6. The van der Waals surface area contributed by atoms with Crippen molar-refractivity contribution < 1.29 is 4.79 Å². The second-order valence-electron chi connectivity index (χ2n) is 5.87. The number of anilines is 1. The molecule has 0 unspecified atom stereocenters. The minimum Gasteiger partial charge on any atom is -0.375 e. The first kappa shape index (κ1) is 15.0. The number of thiazole rings is 1. The normalized spacial score (nSPS) is 15.9.